The molecule has 3 nitrogen and oxygen atoms in total. The first-order chi connectivity index (χ1) is 7.76. The van der Waals surface area contributed by atoms with Gasteiger partial charge in [-0.25, -0.2) is 0 Å². The summed E-state index contributed by atoms with van der Waals surface area (Å²) in [4.78, 5) is 11.4. The van der Waals surface area contributed by atoms with Gasteiger partial charge in [0, 0.05) is 17.8 Å². The molecule has 1 aliphatic rings. The molecule has 0 bridgehead atoms. The fourth-order valence-electron chi connectivity index (χ4n) is 2.08. The second kappa shape index (κ2) is 7.96. The van der Waals surface area contributed by atoms with Crippen LogP contribution in [0.25, 0.3) is 0 Å². The Morgan fingerprint density at radius 1 is 1.38 bits per heavy atom. The van der Waals surface area contributed by atoms with Gasteiger partial charge in [0.25, 0.3) is 0 Å². The summed E-state index contributed by atoms with van der Waals surface area (Å²) < 4.78 is 0. The van der Waals surface area contributed by atoms with Crippen molar-refractivity contribution in [3.63, 3.8) is 0 Å². The predicted molar refractivity (Wildman–Crippen MR) is 70.9 cm³/mol. The van der Waals surface area contributed by atoms with Crippen molar-refractivity contribution in [1.82, 2.24) is 10.6 Å². The van der Waals surface area contributed by atoms with Gasteiger partial charge in [-0.1, -0.05) is 13.8 Å². The molecule has 0 heterocycles. The normalized spacial score (nSPS) is 24.6. The number of hydrogen-bond acceptors (Lipinski definition) is 3. The van der Waals surface area contributed by atoms with Crippen LogP contribution in [0, 0.1) is 0 Å². The number of nitrogens with one attached hydrogen (secondary N) is 2. The predicted octanol–water partition coefficient (Wildman–Crippen LogP) is 1.78. The van der Waals surface area contributed by atoms with Crippen LogP contribution in [0.3, 0.4) is 0 Å². The molecule has 0 radical (unpaired) electrons. The summed E-state index contributed by atoms with van der Waals surface area (Å²) in [6, 6.07) is 0.552. The third-order valence-electron chi connectivity index (χ3n) is 2.91. The molecule has 4 heteroatoms. The lowest BCUT2D eigenvalue weighted by Gasteiger charge is -2.12. The standard InChI is InChI=1S/C12H24N2OS/c1-3-7-13-12(15)9-14-10-5-6-11(8-10)16-4-2/h10-11,14H,3-9H2,1-2H3,(H,13,15). The van der Waals surface area contributed by atoms with Gasteiger partial charge in [0.15, 0.2) is 0 Å². The number of carbonyl (C=O) groups is 1. The van der Waals surface area contributed by atoms with E-state index in [9.17, 15) is 4.79 Å². The van der Waals surface area contributed by atoms with Gasteiger partial charge in [-0.2, -0.15) is 11.8 Å². The van der Waals surface area contributed by atoms with Crippen LogP contribution >= 0.6 is 11.8 Å². The van der Waals surface area contributed by atoms with Crippen LogP contribution in [0.15, 0.2) is 0 Å². The smallest absolute Gasteiger partial charge is 0.233 e. The van der Waals surface area contributed by atoms with Crippen LogP contribution in [0.2, 0.25) is 0 Å². The molecule has 0 aliphatic heterocycles. The highest BCUT2D eigenvalue weighted by atomic mass is 32.2. The van der Waals surface area contributed by atoms with Crippen molar-refractivity contribution in [1.29, 1.82) is 0 Å². The highest BCUT2D eigenvalue weighted by Crippen LogP contribution is 2.29. The molecule has 1 aliphatic carbocycles. The Kier molecular flexibility index (Phi) is 6.88. The molecule has 2 unspecified atom stereocenters. The van der Waals surface area contributed by atoms with Crippen molar-refractivity contribution in [2.24, 2.45) is 0 Å². The first-order valence-corrected chi connectivity index (χ1v) is 7.42. The van der Waals surface area contributed by atoms with Gasteiger partial charge in [0.05, 0.1) is 6.54 Å². The van der Waals surface area contributed by atoms with Gasteiger partial charge in [-0.15, -0.1) is 0 Å². The summed E-state index contributed by atoms with van der Waals surface area (Å²) in [6.45, 7) is 5.55. The molecule has 0 aromatic rings. The minimum atomic E-state index is 0.133. The van der Waals surface area contributed by atoms with E-state index < -0.39 is 0 Å². The molecule has 0 aromatic carbocycles. The Morgan fingerprint density at radius 2 is 2.19 bits per heavy atom. The summed E-state index contributed by atoms with van der Waals surface area (Å²) >= 11 is 2.05. The molecule has 2 atom stereocenters. The summed E-state index contributed by atoms with van der Waals surface area (Å²) in [5.74, 6) is 1.34. The van der Waals surface area contributed by atoms with Crippen LogP contribution in [-0.4, -0.2) is 36.0 Å². The van der Waals surface area contributed by atoms with E-state index in [1.807, 2.05) is 0 Å². The Balaban J connectivity index is 2.08. The minimum absolute atomic E-state index is 0.133. The third-order valence-corrected chi connectivity index (χ3v) is 4.14. The minimum Gasteiger partial charge on any atom is -0.355 e. The maximum atomic E-state index is 11.4. The molecule has 1 amide bonds. The lowest BCUT2D eigenvalue weighted by Crippen LogP contribution is -2.38. The fraction of sp³-hybridized carbons (Fsp3) is 0.917. The van der Waals surface area contributed by atoms with Gasteiger partial charge in [-0.3, -0.25) is 4.79 Å². The lowest BCUT2D eigenvalue weighted by molar-refractivity contribution is -0.120. The Bertz CT molecular complexity index is 211. The van der Waals surface area contributed by atoms with Crippen molar-refractivity contribution in [3.8, 4) is 0 Å². The van der Waals surface area contributed by atoms with Gasteiger partial charge in [0.2, 0.25) is 5.91 Å². The number of carbonyl (C=O) groups excluding carboxylic acids is 1. The summed E-state index contributed by atoms with van der Waals surface area (Å²) in [7, 11) is 0. The second-order valence-corrected chi connectivity index (χ2v) is 5.90. The molecule has 1 fully saturated rings. The van der Waals surface area contributed by atoms with Gasteiger partial charge >= 0.3 is 0 Å². The van der Waals surface area contributed by atoms with Gasteiger partial charge < -0.3 is 10.6 Å². The van der Waals surface area contributed by atoms with Crippen LogP contribution in [0.4, 0.5) is 0 Å². The lowest BCUT2D eigenvalue weighted by atomic mass is 10.2. The Morgan fingerprint density at radius 3 is 2.88 bits per heavy atom. The van der Waals surface area contributed by atoms with E-state index in [0.717, 1.165) is 18.2 Å². The monoisotopic (exact) mass is 244 g/mol. The molecule has 0 aromatic heterocycles. The summed E-state index contributed by atoms with van der Waals surface area (Å²) in [6.07, 6.45) is 4.75. The molecule has 1 saturated carbocycles. The van der Waals surface area contributed by atoms with Gasteiger partial charge in [-0.05, 0) is 31.4 Å². The average Bonchev–Trinajstić information content (AvgIpc) is 2.72. The van der Waals surface area contributed by atoms with E-state index in [2.05, 4.69) is 36.2 Å². The molecule has 2 N–H and O–H groups in total. The zero-order valence-corrected chi connectivity index (χ0v) is 11.2. The second-order valence-electron chi connectivity index (χ2n) is 4.32. The molecule has 0 spiro atoms. The Labute approximate surface area is 103 Å². The van der Waals surface area contributed by atoms with Crippen LogP contribution in [0.5, 0.6) is 0 Å². The quantitative estimate of drug-likeness (QED) is 0.717. The van der Waals surface area contributed by atoms with E-state index >= 15 is 0 Å². The number of thioether (sulfide) groups is 1. The van der Waals surface area contributed by atoms with Crippen molar-refractivity contribution >= 4 is 17.7 Å². The molecule has 1 rings (SSSR count). The van der Waals surface area contributed by atoms with E-state index in [1.165, 1.54) is 25.0 Å². The van der Waals surface area contributed by atoms with Crippen molar-refractivity contribution in [2.45, 2.75) is 50.8 Å². The summed E-state index contributed by atoms with van der Waals surface area (Å²) in [5, 5.41) is 7.05. The molecule has 16 heavy (non-hydrogen) atoms. The van der Waals surface area contributed by atoms with Crippen molar-refractivity contribution in [3.05, 3.63) is 0 Å². The first kappa shape index (κ1) is 13.8. The number of amides is 1. The van der Waals surface area contributed by atoms with Crippen LogP contribution in [0.1, 0.15) is 39.5 Å². The molecular formula is C12H24N2OS. The largest absolute Gasteiger partial charge is 0.355 e. The molecule has 0 saturated heterocycles. The molecule has 94 valence electrons. The van der Waals surface area contributed by atoms with Crippen LogP contribution in [-0.2, 0) is 4.79 Å². The van der Waals surface area contributed by atoms with E-state index in [4.69, 9.17) is 0 Å². The highest BCUT2D eigenvalue weighted by molar-refractivity contribution is 7.99. The first-order valence-electron chi connectivity index (χ1n) is 6.38. The number of hydrogen-bond donors (Lipinski definition) is 2. The van der Waals surface area contributed by atoms with Crippen molar-refractivity contribution in [2.75, 3.05) is 18.8 Å². The number of rotatable bonds is 7. The maximum absolute atomic E-state index is 11.4. The van der Waals surface area contributed by atoms with E-state index in [0.29, 0.717) is 12.6 Å². The fourth-order valence-corrected chi connectivity index (χ4v) is 3.22. The summed E-state index contributed by atoms with van der Waals surface area (Å²) in [5.41, 5.74) is 0. The van der Waals surface area contributed by atoms with Crippen molar-refractivity contribution < 1.29 is 4.79 Å². The average molecular weight is 244 g/mol. The SMILES string of the molecule is CCCNC(=O)CNC1CCC(SCC)C1. The Hall–Kier alpha value is -0.220. The third kappa shape index (κ3) is 5.21. The van der Waals surface area contributed by atoms with E-state index in [-0.39, 0.29) is 5.91 Å². The van der Waals surface area contributed by atoms with E-state index in [1.54, 1.807) is 0 Å². The topological polar surface area (TPSA) is 41.1 Å². The van der Waals surface area contributed by atoms with Crippen LogP contribution < -0.4 is 10.6 Å². The zero-order chi connectivity index (χ0) is 11.8. The highest BCUT2D eigenvalue weighted by Gasteiger charge is 2.24. The van der Waals surface area contributed by atoms with Gasteiger partial charge in [0.1, 0.15) is 0 Å². The maximum Gasteiger partial charge on any atom is 0.233 e. The molecular weight excluding hydrogens is 220 g/mol. The zero-order valence-electron chi connectivity index (χ0n) is 10.4.